The van der Waals surface area contributed by atoms with Crippen molar-refractivity contribution in [2.45, 2.75) is 20.4 Å². The van der Waals surface area contributed by atoms with Crippen molar-refractivity contribution in [2.24, 2.45) is 0 Å². The highest BCUT2D eigenvalue weighted by molar-refractivity contribution is 5.77. The summed E-state index contributed by atoms with van der Waals surface area (Å²) in [6.45, 7) is 8.39. The third-order valence-corrected chi connectivity index (χ3v) is 3.50. The number of benzene rings is 1. The van der Waals surface area contributed by atoms with E-state index in [1.807, 2.05) is 12.1 Å². The summed E-state index contributed by atoms with van der Waals surface area (Å²) in [6.07, 6.45) is 0. The molecule has 116 valence electrons. The zero-order chi connectivity index (χ0) is 15.1. The molecule has 1 N–H and O–H groups in total. The molecule has 0 aliphatic carbocycles. The van der Waals surface area contributed by atoms with Crippen molar-refractivity contribution in [3.63, 3.8) is 0 Å². The number of nitrogens with zero attached hydrogens (tertiary/aromatic N) is 1. The number of rotatable bonds is 6. The third kappa shape index (κ3) is 4.72. The van der Waals surface area contributed by atoms with Crippen LogP contribution in [-0.2, 0) is 16.1 Å². The van der Waals surface area contributed by atoms with Gasteiger partial charge in [-0.2, -0.15) is 0 Å². The second-order valence-corrected chi connectivity index (χ2v) is 5.17. The predicted molar refractivity (Wildman–Crippen MR) is 81.5 cm³/mol. The van der Waals surface area contributed by atoms with Crippen LogP contribution in [0.4, 0.5) is 0 Å². The molecule has 5 nitrogen and oxygen atoms in total. The number of hydrogen-bond donors (Lipinski definition) is 1. The van der Waals surface area contributed by atoms with Crippen LogP contribution in [-0.4, -0.2) is 50.3 Å². The van der Waals surface area contributed by atoms with Gasteiger partial charge in [-0.05, 0) is 19.5 Å². The molecule has 2 rings (SSSR count). The Labute approximate surface area is 126 Å². The van der Waals surface area contributed by atoms with Gasteiger partial charge in [0, 0.05) is 25.2 Å². The summed E-state index contributed by atoms with van der Waals surface area (Å²) >= 11 is 0. The van der Waals surface area contributed by atoms with E-state index >= 15 is 0 Å². The smallest absolute Gasteiger partial charge is 0.260 e. The van der Waals surface area contributed by atoms with Gasteiger partial charge in [-0.25, -0.2) is 0 Å². The topological polar surface area (TPSA) is 50.8 Å². The minimum atomic E-state index is 0.0216. The Balaban J connectivity index is 1.93. The molecule has 0 saturated carbocycles. The predicted octanol–water partition coefficient (Wildman–Crippen LogP) is 1.34. The summed E-state index contributed by atoms with van der Waals surface area (Å²) in [6, 6.07) is 6.04. The molecule has 1 aromatic rings. The van der Waals surface area contributed by atoms with Gasteiger partial charge in [-0.15, -0.1) is 0 Å². The summed E-state index contributed by atoms with van der Waals surface area (Å²) < 4.78 is 11.0. The first-order valence-corrected chi connectivity index (χ1v) is 7.49. The minimum Gasteiger partial charge on any atom is -0.483 e. The van der Waals surface area contributed by atoms with Crippen LogP contribution in [0.3, 0.4) is 0 Å². The van der Waals surface area contributed by atoms with Crippen LogP contribution >= 0.6 is 0 Å². The van der Waals surface area contributed by atoms with E-state index in [4.69, 9.17) is 9.47 Å². The van der Waals surface area contributed by atoms with Gasteiger partial charge in [-0.3, -0.25) is 4.79 Å². The Bertz CT molecular complexity index is 471. The molecule has 1 aliphatic heterocycles. The first kappa shape index (κ1) is 15.8. The second kappa shape index (κ2) is 8.00. The van der Waals surface area contributed by atoms with Crippen LogP contribution in [0.5, 0.6) is 5.75 Å². The van der Waals surface area contributed by atoms with Crippen LogP contribution < -0.4 is 10.1 Å². The van der Waals surface area contributed by atoms with Crippen LogP contribution in [0.25, 0.3) is 0 Å². The van der Waals surface area contributed by atoms with Crippen molar-refractivity contribution in [1.82, 2.24) is 10.2 Å². The zero-order valence-electron chi connectivity index (χ0n) is 12.9. The fourth-order valence-electron chi connectivity index (χ4n) is 2.29. The molecule has 0 atom stereocenters. The van der Waals surface area contributed by atoms with Crippen LogP contribution in [0.2, 0.25) is 0 Å². The Morgan fingerprint density at radius 1 is 1.38 bits per heavy atom. The number of carbonyl (C=O) groups excluding carboxylic acids is 1. The van der Waals surface area contributed by atoms with E-state index in [0.29, 0.717) is 26.3 Å². The standard InChI is InChI=1S/C16H24N2O3/c1-3-17-11-14-10-13(2)4-5-15(14)21-12-16(19)18-6-8-20-9-7-18/h4-5,10,17H,3,6-9,11-12H2,1-2H3. The quantitative estimate of drug-likeness (QED) is 0.860. The molecule has 0 radical (unpaired) electrons. The average Bonchev–Trinajstić information content (AvgIpc) is 2.52. The van der Waals surface area contributed by atoms with Crippen molar-refractivity contribution in [3.05, 3.63) is 29.3 Å². The summed E-state index contributed by atoms with van der Waals surface area (Å²) in [5.41, 5.74) is 2.28. The van der Waals surface area contributed by atoms with Crippen molar-refractivity contribution in [3.8, 4) is 5.75 Å². The highest BCUT2D eigenvalue weighted by Crippen LogP contribution is 2.20. The largest absolute Gasteiger partial charge is 0.483 e. The average molecular weight is 292 g/mol. The van der Waals surface area contributed by atoms with E-state index in [1.54, 1.807) is 4.90 Å². The molecule has 0 bridgehead atoms. The second-order valence-electron chi connectivity index (χ2n) is 5.17. The Morgan fingerprint density at radius 2 is 2.14 bits per heavy atom. The van der Waals surface area contributed by atoms with Gasteiger partial charge >= 0.3 is 0 Å². The van der Waals surface area contributed by atoms with Crippen LogP contribution in [0, 0.1) is 6.92 Å². The SMILES string of the molecule is CCNCc1cc(C)ccc1OCC(=O)N1CCOCC1. The maximum atomic E-state index is 12.1. The van der Waals surface area contributed by atoms with Crippen molar-refractivity contribution < 1.29 is 14.3 Å². The Morgan fingerprint density at radius 3 is 2.86 bits per heavy atom. The van der Waals surface area contributed by atoms with E-state index in [2.05, 4.69) is 25.2 Å². The van der Waals surface area contributed by atoms with E-state index in [1.165, 1.54) is 5.56 Å². The van der Waals surface area contributed by atoms with Crippen molar-refractivity contribution >= 4 is 5.91 Å². The van der Waals surface area contributed by atoms with E-state index < -0.39 is 0 Å². The fourth-order valence-corrected chi connectivity index (χ4v) is 2.29. The van der Waals surface area contributed by atoms with Gasteiger partial charge in [0.2, 0.25) is 0 Å². The molecule has 0 unspecified atom stereocenters. The molecular formula is C16H24N2O3. The molecule has 1 fully saturated rings. The van der Waals surface area contributed by atoms with E-state index in [9.17, 15) is 4.79 Å². The molecule has 1 aliphatic rings. The van der Waals surface area contributed by atoms with Crippen molar-refractivity contribution in [1.29, 1.82) is 0 Å². The van der Waals surface area contributed by atoms with Gasteiger partial charge in [0.1, 0.15) is 5.75 Å². The van der Waals surface area contributed by atoms with E-state index in [0.717, 1.165) is 24.4 Å². The monoisotopic (exact) mass is 292 g/mol. The Kier molecular flexibility index (Phi) is 6.02. The fraction of sp³-hybridized carbons (Fsp3) is 0.562. The lowest BCUT2D eigenvalue weighted by Gasteiger charge is -2.26. The highest BCUT2D eigenvalue weighted by Gasteiger charge is 2.17. The lowest BCUT2D eigenvalue weighted by molar-refractivity contribution is -0.137. The van der Waals surface area contributed by atoms with Gasteiger partial charge < -0.3 is 19.7 Å². The summed E-state index contributed by atoms with van der Waals surface area (Å²) in [5, 5.41) is 3.29. The number of hydrogen-bond acceptors (Lipinski definition) is 4. The molecule has 21 heavy (non-hydrogen) atoms. The van der Waals surface area contributed by atoms with Crippen molar-refractivity contribution in [2.75, 3.05) is 39.5 Å². The van der Waals surface area contributed by atoms with Gasteiger partial charge in [0.25, 0.3) is 5.91 Å². The lowest BCUT2D eigenvalue weighted by atomic mass is 10.1. The van der Waals surface area contributed by atoms with Crippen LogP contribution in [0.1, 0.15) is 18.1 Å². The normalized spacial score (nSPS) is 15.0. The molecule has 0 aromatic heterocycles. The van der Waals surface area contributed by atoms with Crippen LogP contribution in [0.15, 0.2) is 18.2 Å². The van der Waals surface area contributed by atoms with Gasteiger partial charge in [-0.1, -0.05) is 24.6 Å². The molecular weight excluding hydrogens is 268 g/mol. The number of carbonyl (C=O) groups is 1. The first-order valence-electron chi connectivity index (χ1n) is 7.49. The highest BCUT2D eigenvalue weighted by atomic mass is 16.5. The molecule has 5 heteroatoms. The number of nitrogens with one attached hydrogen (secondary N) is 1. The maximum Gasteiger partial charge on any atom is 0.260 e. The number of morpholine rings is 1. The summed E-state index contributed by atoms with van der Waals surface area (Å²) in [4.78, 5) is 13.9. The number of ether oxygens (including phenoxy) is 2. The van der Waals surface area contributed by atoms with Gasteiger partial charge in [0.05, 0.1) is 13.2 Å². The summed E-state index contributed by atoms with van der Waals surface area (Å²) in [7, 11) is 0. The third-order valence-electron chi connectivity index (χ3n) is 3.50. The number of aryl methyl sites for hydroxylation is 1. The number of amides is 1. The molecule has 0 spiro atoms. The molecule has 1 aromatic carbocycles. The lowest BCUT2D eigenvalue weighted by Crippen LogP contribution is -2.43. The van der Waals surface area contributed by atoms with Gasteiger partial charge in [0.15, 0.2) is 6.61 Å². The Hall–Kier alpha value is -1.59. The molecule has 1 amide bonds. The first-order chi connectivity index (χ1) is 10.2. The molecule has 1 saturated heterocycles. The van der Waals surface area contributed by atoms with E-state index in [-0.39, 0.29) is 12.5 Å². The zero-order valence-corrected chi connectivity index (χ0v) is 12.9. The maximum absolute atomic E-state index is 12.1. The summed E-state index contributed by atoms with van der Waals surface area (Å²) in [5.74, 6) is 0.802. The molecule has 1 heterocycles. The minimum absolute atomic E-state index is 0.0216.